The van der Waals surface area contributed by atoms with Crippen LogP contribution in [-0.4, -0.2) is 29.4 Å². The molecule has 0 aromatic carbocycles. The van der Waals surface area contributed by atoms with Crippen LogP contribution in [0.15, 0.2) is 0 Å². The molecule has 0 bridgehead atoms. The van der Waals surface area contributed by atoms with E-state index in [-0.39, 0.29) is 17.0 Å². The molecule has 14 heavy (non-hydrogen) atoms. The van der Waals surface area contributed by atoms with E-state index >= 15 is 0 Å². The number of hydrogen-bond donors (Lipinski definition) is 0. The van der Waals surface area contributed by atoms with E-state index in [1.807, 2.05) is 0 Å². The molecule has 1 aliphatic heterocycles. The second-order valence-electron chi connectivity index (χ2n) is 3.38. The number of hydrogen-bond acceptors (Lipinski definition) is 4. The molecular formula is C10H16O3S. The summed E-state index contributed by atoms with van der Waals surface area (Å²) >= 11 is 1.66. The molecule has 0 aromatic rings. The quantitative estimate of drug-likeness (QED) is 0.529. The highest BCUT2D eigenvalue weighted by Gasteiger charge is 2.31. The normalized spacial score (nSPS) is 23.1. The number of carbonyl (C=O) groups excluding carboxylic acids is 2. The Labute approximate surface area is 88.6 Å². The minimum absolute atomic E-state index is 0.0226. The van der Waals surface area contributed by atoms with Gasteiger partial charge in [-0.2, -0.15) is 11.8 Å². The maximum atomic E-state index is 11.7. The second kappa shape index (κ2) is 5.39. The number of carbonyl (C=O) groups is 2. The van der Waals surface area contributed by atoms with Crippen molar-refractivity contribution in [2.75, 3.05) is 12.4 Å². The minimum Gasteiger partial charge on any atom is -0.465 e. The van der Waals surface area contributed by atoms with Gasteiger partial charge in [0, 0.05) is 0 Å². The summed E-state index contributed by atoms with van der Waals surface area (Å²) in [5.74, 6) is 0.0906. The molecule has 1 fully saturated rings. The Hall–Kier alpha value is -0.510. The Morgan fingerprint density at radius 2 is 2.29 bits per heavy atom. The summed E-state index contributed by atoms with van der Waals surface area (Å²) in [6.45, 7) is 3.73. The molecule has 3 nitrogen and oxygen atoms in total. The Balaban J connectivity index is 2.46. The zero-order valence-electron chi connectivity index (χ0n) is 8.62. The van der Waals surface area contributed by atoms with Crippen LogP contribution in [0.4, 0.5) is 0 Å². The van der Waals surface area contributed by atoms with E-state index in [0.29, 0.717) is 6.61 Å². The summed E-state index contributed by atoms with van der Waals surface area (Å²) in [5, 5.41) is 0.0226. The molecule has 1 saturated heterocycles. The monoisotopic (exact) mass is 216 g/mol. The molecule has 2 unspecified atom stereocenters. The molecule has 0 radical (unpaired) electrons. The van der Waals surface area contributed by atoms with Crippen molar-refractivity contribution in [1.82, 2.24) is 0 Å². The molecule has 0 saturated carbocycles. The minimum atomic E-state index is -0.592. The summed E-state index contributed by atoms with van der Waals surface area (Å²) < 4.78 is 4.82. The van der Waals surface area contributed by atoms with Crippen molar-refractivity contribution in [2.45, 2.75) is 31.9 Å². The van der Waals surface area contributed by atoms with E-state index < -0.39 is 5.92 Å². The first kappa shape index (κ1) is 11.6. The molecule has 0 aromatic heterocycles. The van der Waals surface area contributed by atoms with Crippen molar-refractivity contribution < 1.29 is 14.3 Å². The molecule has 4 heteroatoms. The summed E-state index contributed by atoms with van der Waals surface area (Å²) in [4.78, 5) is 23.0. The lowest BCUT2D eigenvalue weighted by atomic mass is 10.0. The molecule has 0 N–H and O–H groups in total. The van der Waals surface area contributed by atoms with Gasteiger partial charge in [0.05, 0.1) is 11.9 Å². The van der Waals surface area contributed by atoms with E-state index in [9.17, 15) is 9.59 Å². The average Bonchev–Trinajstić information content (AvgIpc) is 2.68. The van der Waals surface area contributed by atoms with Crippen LogP contribution in [0.2, 0.25) is 0 Å². The third kappa shape index (κ3) is 2.74. The molecule has 0 spiro atoms. The van der Waals surface area contributed by atoms with Gasteiger partial charge >= 0.3 is 5.97 Å². The van der Waals surface area contributed by atoms with E-state index in [1.54, 1.807) is 25.6 Å². The highest BCUT2D eigenvalue weighted by Crippen LogP contribution is 2.29. The third-order valence-corrected chi connectivity index (χ3v) is 3.71. The molecular weight excluding hydrogens is 200 g/mol. The standard InChI is InChI=1S/C10H16O3S/c1-3-13-10(12)7(2)9(11)8-5-4-6-14-8/h7-8H,3-6H2,1-2H3. The van der Waals surface area contributed by atoms with Crippen molar-refractivity contribution in [3.8, 4) is 0 Å². The molecule has 2 atom stereocenters. The summed E-state index contributed by atoms with van der Waals surface area (Å²) in [6.07, 6.45) is 1.99. The average molecular weight is 216 g/mol. The van der Waals surface area contributed by atoms with Crippen LogP contribution in [0.5, 0.6) is 0 Å². The number of thioether (sulfide) groups is 1. The molecule has 0 amide bonds. The maximum absolute atomic E-state index is 11.7. The van der Waals surface area contributed by atoms with Gasteiger partial charge in [-0.05, 0) is 32.4 Å². The van der Waals surface area contributed by atoms with Gasteiger partial charge in [0.2, 0.25) is 0 Å². The third-order valence-electron chi connectivity index (χ3n) is 2.31. The van der Waals surface area contributed by atoms with Crippen LogP contribution in [0, 0.1) is 5.92 Å². The van der Waals surface area contributed by atoms with Gasteiger partial charge in [-0.15, -0.1) is 0 Å². The number of ketones is 1. The highest BCUT2D eigenvalue weighted by atomic mass is 32.2. The number of esters is 1. The lowest BCUT2D eigenvalue weighted by Gasteiger charge is -2.13. The van der Waals surface area contributed by atoms with Crippen molar-refractivity contribution in [2.24, 2.45) is 5.92 Å². The van der Waals surface area contributed by atoms with Gasteiger partial charge < -0.3 is 4.74 Å². The fourth-order valence-electron chi connectivity index (χ4n) is 1.46. The number of rotatable bonds is 4. The topological polar surface area (TPSA) is 43.4 Å². The van der Waals surface area contributed by atoms with Crippen molar-refractivity contribution in [3.05, 3.63) is 0 Å². The van der Waals surface area contributed by atoms with Crippen molar-refractivity contribution in [1.29, 1.82) is 0 Å². The Morgan fingerprint density at radius 1 is 1.57 bits per heavy atom. The maximum Gasteiger partial charge on any atom is 0.316 e. The fraction of sp³-hybridized carbons (Fsp3) is 0.800. The summed E-state index contributed by atoms with van der Waals surface area (Å²) in [6, 6.07) is 0. The molecule has 1 rings (SSSR count). The van der Waals surface area contributed by atoms with E-state index in [1.165, 1.54) is 0 Å². The second-order valence-corrected chi connectivity index (χ2v) is 4.69. The van der Waals surface area contributed by atoms with Crippen LogP contribution in [0.1, 0.15) is 26.7 Å². The van der Waals surface area contributed by atoms with E-state index in [0.717, 1.165) is 18.6 Å². The van der Waals surface area contributed by atoms with Gasteiger partial charge in [-0.3, -0.25) is 9.59 Å². The van der Waals surface area contributed by atoms with Crippen molar-refractivity contribution >= 4 is 23.5 Å². The number of Topliss-reactive ketones (excluding diaryl/α,β-unsaturated/α-hetero) is 1. The highest BCUT2D eigenvalue weighted by molar-refractivity contribution is 8.00. The molecule has 80 valence electrons. The smallest absolute Gasteiger partial charge is 0.316 e. The molecule has 1 aliphatic rings. The summed E-state index contributed by atoms with van der Waals surface area (Å²) in [5.41, 5.74) is 0. The van der Waals surface area contributed by atoms with Crippen LogP contribution in [-0.2, 0) is 14.3 Å². The van der Waals surface area contributed by atoms with Crippen LogP contribution in [0.25, 0.3) is 0 Å². The summed E-state index contributed by atoms with van der Waals surface area (Å²) in [7, 11) is 0. The van der Waals surface area contributed by atoms with Gasteiger partial charge in [0.15, 0.2) is 5.78 Å². The Bertz CT molecular complexity index is 221. The SMILES string of the molecule is CCOC(=O)C(C)C(=O)C1CCCS1. The predicted molar refractivity (Wildman–Crippen MR) is 56.3 cm³/mol. The largest absolute Gasteiger partial charge is 0.465 e. The fourth-order valence-corrected chi connectivity index (χ4v) is 2.78. The van der Waals surface area contributed by atoms with Crippen LogP contribution in [0.3, 0.4) is 0 Å². The lowest BCUT2D eigenvalue weighted by Crippen LogP contribution is -2.29. The predicted octanol–water partition coefficient (Wildman–Crippen LogP) is 1.65. The van der Waals surface area contributed by atoms with Gasteiger partial charge in [-0.1, -0.05) is 0 Å². The van der Waals surface area contributed by atoms with Crippen LogP contribution >= 0.6 is 11.8 Å². The van der Waals surface area contributed by atoms with Gasteiger partial charge in [0.1, 0.15) is 5.92 Å². The zero-order chi connectivity index (χ0) is 10.6. The molecule has 0 aliphatic carbocycles. The van der Waals surface area contributed by atoms with E-state index in [4.69, 9.17) is 4.74 Å². The number of ether oxygens (including phenoxy) is 1. The first-order chi connectivity index (χ1) is 6.66. The van der Waals surface area contributed by atoms with Gasteiger partial charge in [-0.25, -0.2) is 0 Å². The zero-order valence-corrected chi connectivity index (χ0v) is 9.43. The van der Waals surface area contributed by atoms with Gasteiger partial charge in [0.25, 0.3) is 0 Å². The first-order valence-corrected chi connectivity index (χ1v) is 6.03. The van der Waals surface area contributed by atoms with E-state index in [2.05, 4.69) is 0 Å². The van der Waals surface area contributed by atoms with Crippen molar-refractivity contribution in [3.63, 3.8) is 0 Å². The Kier molecular flexibility index (Phi) is 4.45. The lowest BCUT2D eigenvalue weighted by molar-refractivity contribution is -0.150. The Morgan fingerprint density at radius 3 is 2.79 bits per heavy atom. The first-order valence-electron chi connectivity index (χ1n) is 4.98. The molecule has 1 heterocycles. The van der Waals surface area contributed by atoms with Crippen LogP contribution < -0.4 is 0 Å².